The summed E-state index contributed by atoms with van der Waals surface area (Å²) in [4.78, 5) is 0. The Morgan fingerprint density at radius 2 is 2.00 bits per heavy atom. The van der Waals surface area contributed by atoms with Crippen molar-refractivity contribution >= 4 is 0 Å². The summed E-state index contributed by atoms with van der Waals surface area (Å²) in [6, 6.07) is 0.458. The van der Waals surface area contributed by atoms with Crippen molar-refractivity contribution in [2.24, 2.45) is 28.9 Å². The van der Waals surface area contributed by atoms with Gasteiger partial charge in [0.05, 0.1) is 13.2 Å². The van der Waals surface area contributed by atoms with Gasteiger partial charge in [0.1, 0.15) is 0 Å². The van der Waals surface area contributed by atoms with Gasteiger partial charge in [0.15, 0.2) is 0 Å². The second-order valence-electron chi connectivity index (χ2n) is 5.97. The third-order valence-electron chi connectivity index (χ3n) is 4.80. The molecule has 0 aromatic heterocycles. The third kappa shape index (κ3) is 1.31. The molecular weight excluding hydrogens is 174 g/mol. The van der Waals surface area contributed by atoms with Gasteiger partial charge in [0.2, 0.25) is 0 Å². The van der Waals surface area contributed by atoms with Crippen LogP contribution in [0.3, 0.4) is 0 Å². The molecule has 2 saturated carbocycles. The van der Waals surface area contributed by atoms with E-state index >= 15 is 0 Å². The van der Waals surface area contributed by atoms with Gasteiger partial charge in [0, 0.05) is 6.04 Å². The molecule has 0 aromatic carbocycles. The van der Waals surface area contributed by atoms with E-state index in [2.05, 4.69) is 6.92 Å². The molecule has 3 atom stereocenters. The van der Waals surface area contributed by atoms with Crippen LogP contribution in [0.25, 0.3) is 0 Å². The van der Waals surface area contributed by atoms with Crippen molar-refractivity contribution in [3.8, 4) is 0 Å². The minimum Gasteiger partial charge on any atom is -0.381 e. The van der Waals surface area contributed by atoms with Gasteiger partial charge in [-0.15, -0.1) is 0 Å². The fourth-order valence-corrected chi connectivity index (χ4v) is 3.61. The predicted molar refractivity (Wildman–Crippen MR) is 55.8 cm³/mol. The molecule has 2 N–H and O–H groups in total. The van der Waals surface area contributed by atoms with E-state index in [4.69, 9.17) is 10.5 Å². The van der Waals surface area contributed by atoms with E-state index in [0.29, 0.717) is 11.5 Å². The lowest BCUT2D eigenvalue weighted by Gasteiger charge is -2.40. The summed E-state index contributed by atoms with van der Waals surface area (Å²) in [5.74, 6) is 2.46. The first-order valence-corrected chi connectivity index (χ1v) is 6.03. The minimum atomic E-state index is 0.458. The van der Waals surface area contributed by atoms with E-state index < -0.39 is 0 Å². The molecule has 14 heavy (non-hydrogen) atoms. The summed E-state index contributed by atoms with van der Waals surface area (Å²) >= 11 is 0. The number of fused-ring (bicyclic) bond motifs is 1. The van der Waals surface area contributed by atoms with Crippen LogP contribution in [0.2, 0.25) is 0 Å². The van der Waals surface area contributed by atoms with Crippen molar-refractivity contribution in [3.05, 3.63) is 0 Å². The van der Waals surface area contributed by atoms with Gasteiger partial charge in [-0.2, -0.15) is 0 Å². The Kier molecular flexibility index (Phi) is 1.94. The number of hydrogen-bond donors (Lipinski definition) is 1. The highest BCUT2D eigenvalue weighted by atomic mass is 16.5. The molecule has 2 heteroatoms. The van der Waals surface area contributed by atoms with E-state index in [9.17, 15) is 0 Å². The van der Waals surface area contributed by atoms with Crippen LogP contribution in [0.4, 0.5) is 0 Å². The average Bonchev–Trinajstić information content (AvgIpc) is 2.59. The topological polar surface area (TPSA) is 35.2 Å². The monoisotopic (exact) mass is 195 g/mol. The lowest BCUT2D eigenvalue weighted by atomic mass is 9.66. The van der Waals surface area contributed by atoms with Crippen molar-refractivity contribution in [2.45, 2.75) is 38.6 Å². The maximum Gasteiger partial charge on any atom is 0.0501 e. The molecule has 0 spiro atoms. The highest BCUT2D eigenvalue weighted by Gasteiger charge is 2.57. The van der Waals surface area contributed by atoms with Crippen molar-refractivity contribution < 1.29 is 4.74 Å². The Balaban J connectivity index is 1.54. The fraction of sp³-hybridized carbons (Fsp3) is 1.00. The normalized spacial score (nSPS) is 45.4. The number of ether oxygens (including phenoxy) is 1. The number of nitrogens with two attached hydrogens (primary N) is 1. The molecule has 0 bridgehead atoms. The van der Waals surface area contributed by atoms with Gasteiger partial charge in [-0.3, -0.25) is 0 Å². The van der Waals surface area contributed by atoms with Crippen molar-refractivity contribution in [1.29, 1.82) is 0 Å². The van der Waals surface area contributed by atoms with Gasteiger partial charge < -0.3 is 10.5 Å². The summed E-state index contributed by atoms with van der Waals surface area (Å²) < 4.78 is 5.40. The zero-order valence-electron chi connectivity index (χ0n) is 9.04. The molecule has 1 heterocycles. The van der Waals surface area contributed by atoms with Crippen LogP contribution >= 0.6 is 0 Å². The molecule has 1 saturated heterocycles. The van der Waals surface area contributed by atoms with Crippen LogP contribution in [0.5, 0.6) is 0 Å². The molecule has 3 unspecified atom stereocenters. The molecule has 3 rings (SSSR count). The molecule has 0 radical (unpaired) electrons. The standard InChI is InChI=1S/C12H21NO/c1-12(3-2-4-12)5-10(13)11-8-6-14-7-9(8)11/h8-11H,2-7,13H2,1H3. The molecule has 0 amide bonds. The Morgan fingerprint density at radius 1 is 1.36 bits per heavy atom. The molecule has 0 aromatic rings. The first-order valence-electron chi connectivity index (χ1n) is 6.03. The molecule has 3 fully saturated rings. The van der Waals surface area contributed by atoms with Crippen molar-refractivity contribution in [3.63, 3.8) is 0 Å². The molecule has 2 nitrogen and oxygen atoms in total. The van der Waals surface area contributed by atoms with E-state index in [1.54, 1.807) is 0 Å². The van der Waals surface area contributed by atoms with Crippen LogP contribution in [-0.4, -0.2) is 19.3 Å². The molecule has 1 aliphatic heterocycles. The summed E-state index contributed by atoms with van der Waals surface area (Å²) in [6.07, 6.45) is 5.48. The number of rotatable bonds is 3. The van der Waals surface area contributed by atoms with Gasteiger partial charge in [0.25, 0.3) is 0 Å². The van der Waals surface area contributed by atoms with E-state index in [1.165, 1.54) is 25.7 Å². The molecule has 2 aliphatic carbocycles. The summed E-state index contributed by atoms with van der Waals surface area (Å²) in [6.45, 7) is 4.38. The first-order chi connectivity index (χ1) is 6.70. The lowest BCUT2D eigenvalue weighted by Crippen LogP contribution is -2.36. The maximum atomic E-state index is 6.31. The molecule has 80 valence electrons. The Hall–Kier alpha value is -0.0800. The first kappa shape index (κ1) is 9.17. The smallest absolute Gasteiger partial charge is 0.0501 e. The average molecular weight is 195 g/mol. The SMILES string of the molecule is CC1(CC(N)C2C3COCC32)CCC1. The second-order valence-corrected chi connectivity index (χ2v) is 5.97. The van der Waals surface area contributed by atoms with Gasteiger partial charge in [-0.25, -0.2) is 0 Å². The highest BCUT2D eigenvalue weighted by molar-refractivity contribution is 5.06. The van der Waals surface area contributed by atoms with Crippen LogP contribution in [0, 0.1) is 23.2 Å². The zero-order chi connectivity index (χ0) is 9.76. The van der Waals surface area contributed by atoms with E-state index in [-0.39, 0.29) is 0 Å². The van der Waals surface area contributed by atoms with Gasteiger partial charge >= 0.3 is 0 Å². The minimum absolute atomic E-state index is 0.458. The van der Waals surface area contributed by atoms with Crippen molar-refractivity contribution in [1.82, 2.24) is 0 Å². The van der Waals surface area contributed by atoms with Crippen LogP contribution in [-0.2, 0) is 4.74 Å². The Morgan fingerprint density at radius 3 is 2.50 bits per heavy atom. The molecular formula is C12H21NO. The number of hydrogen-bond acceptors (Lipinski definition) is 2. The zero-order valence-corrected chi connectivity index (χ0v) is 9.04. The van der Waals surface area contributed by atoms with Gasteiger partial charge in [-0.05, 0) is 42.4 Å². The van der Waals surface area contributed by atoms with Crippen LogP contribution in [0.1, 0.15) is 32.6 Å². The van der Waals surface area contributed by atoms with Crippen LogP contribution in [0.15, 0.2) is 0 Å². The lowest BCUT2D eigenvalue weighted by molar-refractivity contribution is 0.109. The van der Waals surface area contributed by atoms with Crippen LogP contribution < -0.4 is 5.73 Å². The maximum absolute atomic E-state index is 6.31. The quantitative estimate of drug-likeness (QED) is 0.745. The largest absolute Gasteiger partial charge is 0.381 e. The van der Waals surface area contributed by atoms with E-state index in [1.807, 2.05) is 0 Å². The predicted octanol–water partition coefficient (Wildman–Crippen LogP) is 1.79. The highest BCUT2D eigenvalue weighted by Crippen LogP contribution is 2.55. The summed E-state index contributed by atoms with van der Waals surface area (Å²) in [5.41, 5.74) is 6.90. The van der Waals surface area contributed by atoms with Gasteiger partial charge in [-0.1, -0.05) is 13.3 Å². The Bertz CT molecular complexity index is 226. The van der Waals surface area contributed by atoms with E-state index in [0.717, 1.165) is 31.0 Å². The summed E-state index contributed by atoms with van der Waals surface area (Å²) in [7, 11) is 0. The van der Waals surface area contributed by atoms with Crippen molar-refractivity contribution in [2.75, 3.05) is 13.2 Å². The summed E-state index contributed by atoms with van der Waals surface area (Å²) in [5, 5.41) is 0. The fourth-order valence-electron chi connectivity index (χ4n) is 3.61. The Labute approximate surface area is 86.2 Å². The second kappa shape index (κ2) is 2.96. The molecule has 3 aliphatic rings. The third-order valence-corrected chi connectivity index (χ3v) is 4.80.